The minimum atomic E-state index is -0.918. The molecule has 1 atom stereocenters. The SMILES string of the molecule is CC(C#N)Cn1c(-c2cccs2)nc2cc(F)c(F)cc21. The fourth-order valence-electron chi connectivity index (χ4n) is 2.21. The molecule has 3 nitrogen and oxygen atoms in total. The molecule has 3 rings (SSSR count). The van der Waals surface area contributed by atoms with Gasteiger partial charge >= 0.3 is 0 Å². The number of nitriles is 1. The Morgan fingerprint density at radius 1 is 1.38 bits per heavy atom. The molecule has 106 valence electrons. The maximum atomic E-state index is 13.5. The largest absolute Gasteiger partial charge is 0.322 e. The molecule has 0 bridgehead atoms. The number of hydrogen-bond acceptors (Lipinski definition) is 3. The molecule has 6 heteroatoms. The summed E-state index contributed by atoms with van der Waals surface area (Å²) in [6, 6.07) is 8.17. The van der Waals surface area contributed by atoms with Crippen LogP contribution in [0.3, 0.4) is 0 Å². The molecule has 0 radical (unpaired) electrons. The van der Waals surface area contributed by atoms with Gasteiger partial charge in [-0.15, -0.1) is 11.3 Å². The van der Waals surface area contributed by atoms with Crippen LogP contribution < -0.4 is 0 Å². The molecule has 0 saturated heterocycles. The fraction of sp³-hybridized carbons (Fsp3) is 0.200. The normalized spacial score (nSPS) is 12.5. The predicted octanol–water partition coefficient (Wildman–Crippen LogP) is 4.20. The number of rotatable bonds is 3. The van der Waals surface area contributed by atoms with Crippen molar-refractivity contribution in [3.8, 4) is 16.8 Å². The third kappa shape index (κ3) is 2.41. The van der Waals surface area contributed by atoms with E-state index in [-0.39, 0.29) is 5.92 Å². The lowest BCUT2D eigenvalue weighted by atomic mass is 10.2. The van der Waals surface area contributed by atoms with Gasteiger partial charge in [-0.1, -0.05) is 6.07 Å². The highest BCUT2D eigenvalue weighted by atomic mass is 32.1. The molecule has 0 amide bonds. The van der Waals surface area contributed by atoms with Crippen LogP contribution in [0.15, 0.2) is 29.6 Å². The second kappa shape index (κ2) is 5.26. The molecule has 0 spiro atoms. The van der Waals surface area contributed by atoms with E-state index >= 15 is 0 Å². The zero-order chi connectivity index (χ0) is 15.0. The van der Waals surface area contributed by atoms with Crippen molar-refractivity contribution in [2.45, 2.75) is 13.5 Å². The Morgan fingerprint density at radius 2 is 2.14 bits per heavy atom. The number of thiophene rings is 1. The molecular formula is C15H11F2N3S. The van der Waals surface area contributed by atoms with Crippen LogP contribution in [0, 0.1) is 28.9 Å². The van der Waals surface area contributed by atoms with Crippen molar-refractivity contribution in [1.29, 1.82) is 5.26 Å². The van der Waals surface area contributed by atoms with E-state index < -0.39 is 11.6 Å². The molecule has 0 aliphatic rings. The lowest BCUT2D eigenvalue weighted by molar-refractivity contribution is 0.509. The second-order valence-corrected chi connectivity index (χ2v) is 5.76. The van der Waals surface area contributed by atoms with Crippen LogP contribution >= 0.6 is 11.3 Å². The number of nitrogens with zero attached hydrogens (tertiary/aromatic N) is 3. The van der Waals surface area contributed by atoms with Gasteiger partial charge in [-0.3, -0.25) is 0 Å². The molecule has 1 unspecified atom stereocenters. The van der Waals surface area contributed by atoms with Gasteiger partial charge in [-0.25, -0.2) is 13.8 Å². The Bertz CT molecular complexity index is 831. The summed E-state index contributed by atoms with van der Waals surface area (Å²) < 4.78 is 28.7. The highest BCUT2D eigenvalue weighted by Crippen LogP contribution is 2.30. The summed E-state index contributed by atoms with van der Waals surface area (Å²) in [7, 11) is 0. The molecule has 21 heavy (non-hydrogen) atoms. The summed E-state index contributed by atoms with van der Waals surface area (Å²) in [6.45, 7) is 2.16. The Labute approximate surface area is 124 Å². The van der Waals surface area contributed by atoms with Crippen molar-refractivity contribution in [3.63, 3.8) is 0 Å². The van der Waals surface area contributed by atoms with Gasteiger partial charge in [0.2, 0.25) is 0 Å². The number of imidazole rings is 1. The molecular weight excluding hydrogens is 292 g/mol. The summed E-state index contributed by atoms with van der Waals surface area (Å²) in [5, 5.41) is 10.9. The first kappa shape index (κ1) is 13.7. The number of halogens is 2. The van der Waals surface area contributed by atoms with Crippen LogP contribution in [0.1, 0.15) is 6.92 Å². The van der Waals surface area contributed by atoms with Crippen molar-refractivity contribution in [3.05, 3.63) is 41.3 Å². The highest BCUT2D eigenvalue weighted by Gasteiger charge is 2.17. The Kier molecular flexibility index (Phi) is 3.43. The van der Waals surface area contributed by atoms with E-state index in [1.165, 1.54) is 11.3 Å². The van der Waals surface area contributed by atoms with Gasteiger partial charge in [0.25, 0.3) is 0 Å². The van der Waals surface area contributed by atoms with E-state index in [0.717, 1.165) is 17.0 Å². The third-order valence-corrected chi connectivity index (χ3v) is 4.07. The number of benzene rings is 1. The summed E-state index contributed by atoms with van der Waals surface area (Å²) in [6.07, 6.45) is 0. The van der Waals surface area contributed by atoms with E-state index in [9.17, 15) is 8.78 Å². The summed E-state index contributed by atoms with van der Waals surface area (Å²) in [5.41, 5.74) is 0.891. The van der Waals surface area contributed by atoms with Crippen molar-refractivity contribution in [2.24, 2.45) is 5.92 Å². The van der Waals surface area contributed by atoms with Gasteiger partial charge in [-0.2, -0.15) is 5.26 Å². The van der Waals surface area contributed by atoms with Gasteiger partial charge in [-0.05, 0) is 18.4 Å². The van der Waals surface area contributed by atoms with Crippen LogP contribution in [-0.4, -0.2) is 9.55 Å². The molecule has 1 aromatic carbocycles. The standard InChI is InChI=1S/C15H11F2N3S/c1-9(7-18)8-20-13-6-11(17)10(16)5-12(13)19-15(20)14-3-2-4-21-14/h2-6,9H,8H2,1H3. The average molecular weight is 303 g/mol. The summed E-state index contributed by atoms with van der Waals surface area (Å²) >= 11 is 1.49. The monoisotopic (exact) mass is 303 g/mol. The first-order chi connectivity index (χ1) is 10.1. The molecule has 0 aliphatic carbocycles. The van der Waals surface area contributed by atoms with Crippen LogP contribution in [0.4, 0.5) is 8.78 Å². The zero-order valence-electron chi connectivity index (χ0n) is 11.2. The quantitative estimate of drug-likeness (QED) is 0.727. The molecule has 0 fully saturated rings. The highest BCUT2D eigenvalue weighted by molar-refractivity contribution is 7.13. The Morgan fingerprint density at radius 3 is 2.81 bits per heavy atom. The van der Waals surface area contributed by atoms with Gasteiger partial charge in [0.1, 0.15) is 0 Å². The van der Waals surface area contributed by atoms with E-state index in [2.05, 4.69) is 11.1 Å². The van der Waals surface area contributed by atoms with Crippen LogP contribution in [-0.2, 0) is 6.54 Å². The van der Waals surface area contributed by atoms with Gasteiger partial charge < -0.3 is 4.57 Å². The lowest BCUT2D eigenvalue weighted by Crippen LogP contribution is -2.07. The number of hydrogen-bond donors (Lipinski definition) is 0. The topological polar surface area (TPSA) is 41.6 Å². The minimum Gasteiger partial charge on any atom is -0.322 e. The smallest absolute Gasteiger partial charge is 0.161 e. The maximum Gasteiger partial charge on any atom is 0.161 e. The lowest BCUT2D eigenvalue weighted by Gasteiger charge is -2.09. The van der Waals surface area contributed by atoms with E-state index in [1.807, 2.05) is 17.5 Å². The van der Waals surface area contributed by atoms with Crippen LogP contribution in [0.2, 0.25) is 0 Å². The maximum absolute atomic E-state index is 13.5. The minimum absolute atomic E-state index is 0.255. The fourth-order valence-corrected chi connectivity index (χ4v) is 2.94. The van der Waals surface area contributed by atoms with E-state index in [0.29, 0.717) is 23.4 Å². The molecule has 0 aliphatic heterocycles. The third-order valence-electron chi connectivity index (χ3n) is 3.21. The molecule has 2 heterocycles. The number of aromatic nitrogens is 2. The predicted molar refractivity (Wildman–Crippen MR) is 77.7 cm³/mol. The summed E-state index contributed by atoms with van der Waals surface area (Å²) in [4.78, 5) is 5.30. The van der Waals surface area contributed by atoms with Crippen molar-refractivity contribution in [2.75, 3.05) is 0 Å². The molecule has 3 aromatic rings. The number of fused-ring (bicyclic) bond motifs is 1. The molecule has 2 aromatic heterocycles. The van der Waals surface area contributed by atoms with Crippen LogP contribution in [0.5, 0.6) is 0 Å². The van der Waals surface area contributed by atoms with Gasteiger partial charge in [0, 0.05) is 18.7 Å². The Hall–Kier alpha value is -2.26. The van der Waals surface area contributed by atoms with Crippen LogP contribution in [0.25, 0.3) is 21.7 Å². The Balaban J connectivity index is 2.26. The first-order valence-electron chi connectivity index (χ1n) is 6.39. The van der Waals surface area contributed by atoms with E-state index in [4.69, 9.17) is 5.26 Å². The zero-order valence-corrected chi connectivity index (χ0v) is 12.0. The van der Waals surface area contributed by atoms with Crippen molar-refractivity contribution in [1.82, 2.24) is 9.55 Å². The van der Waals surface area contributed by atoms with Crippen molar-refractivity contribution >= 4 is 22.4 Å². The van der Waals surface area contributed by atoms with Gasteiger partial charge in [0.05, 0.1) is 27.9 Å². The van der Waals surface area contributed by atoms with Crippen molar-refractivity contribution < 1.29 is 8.78 Å². The first-order valence-corrected chi connectivity index (χ1v) is 7.27. The van der Waals surface area contributed by atoms with Gasteiger partial charge in [0.15, 0.2) is 17.5 Å². The second-order valence-electron chi connectivity index (χ2n) is 4.81. The summed E-state index contributed by atoms with van der Waals surface area (Å²) in [5.74, 6) is -1.45. The molecule has 0 saturated carbocycles. The molecule has 0 N–H and O–H groups in total. The van der Waals surface area contributed by atoms with E-state index in [1.54, 1.807) is 11.5 Å². The average Bonchev–Trinajstić information content (AvgIpc) is 3.09.